The first-order valence-corrected chi connectivity index (χ1v) is 5.63. The minimum Gasteiger partial charge on any atom is -0.379 e. The van der Waals surface area contributed by atoms with Gasteiger partial charge in [0.1, 0.15) is 6.61 Å². The van der Waals surface area contributed by atoms with Gasteiger partial charge < -0.3 is 14.8 Å². The lowest BCUT2D eigenvalue weighted by Crippen LogP contribution is -2.52. The van der Waals surface area contributed by atoms with Crippen molar-refractivity contribution in [2.75, 3.05) is 26.4 Å². The SMILES string of the molecule is CCCOCC(=O)NC1(C)CCCOC1. The van der Waals surface area contributed by atoms with Crippen LogP contribution in [0.15, 0.2) is 0 Å². The minimum atomic E-state index is -0.203. The van der Waals surface area contributed by atoms with Crippen LogP contribution in [0.5, 0.6) is 0 Å². The Bertz CT molecular complexity index is 200. The molecule has 15 heavy (non-hydrogen) atoms. The number of hydrogen-bond acceptors (Lipinski definition) is 3. The highest BCUT2D eigenvalue weighted by molar-refractivity contribution is 5.78. The highest BCUT2D eigenvalue weighted by Gasteiger charge is 2.28. The molecule has 1 saturated heterocycles. The van der Waals surface area contributed by atoms with E-state index in [1.54, 1.807) is 0 Å². The third kappa shape index (κ3) is 4.62. The maximum absolute atomic E-state index is 11.5. The first-order chi connectivity index (χ1) is 7.16. The van der Waals surface area contributed by atoms with E-state index in [1.165, 1.54) is 0 Å². The Kier molecular flexibility index (Phi) is 5.05. The van der Waals surface area contributed by atoms with Gasteiger partial charge in [0.2, 0.25) is 5.91 Å². The van der Waals surface area contributed by atoms with Gasteiger partial charge in [-0.2, -0.15) is 0 Å². The molecule has 1 aliphatic rings. The number of carbonyl (C=O) groups excluding carboxylic acids is 1. The Morgan fingerprint density at radius 1 is 1.60 bits per heavy atom. The number of hydrogen-bond donors (Lipinski definition) is 1. The smallest absolute Gasteiger partial charge is 0.246 e. The first kappa shape index (κ1) is 12.5. The molecule has 1 N–H and O–H groups in total. The number of nitrogens with one attached hydrogen (secondary N) is 1. The zero-order chi connectivity index (χ0) is 11.1. The van der Waals surface area contributed by atoms with Crippen LogP contribution >= 0.6 is 0 Å². The molecule has 4 heteroatoms. The second-order valence-corrected chi connectivity index (χ2v) is 4.32. The molecule has 0 bridgehead atoms. The molecule has 1 fully saturated rings. The van der Waals surface area contributed by atoms with Gasteiger partial charge in [-0.1, -0.05) is 6.92 Å². The number of amides is 1. The molecule has 0 radical (unpaired) electrons. The topological polar surface area (TPSA) is 47.6 Å². The van der Waals surface area contributed by atoms with Crippen LogP contribution in [-0.4, -0.2) is 37.9 Å². The van der Waals surface area contributed by atoms with Gasteiger partial charge in [0.15, 0.2) is 0 Å². The quantitative estimate of drug-likeness (QED) is 0.699. The molecule has 88 valence electrons. The largest absolute Gasteiger partial charge is 0.379 e. The average molecular weight is 215 g/mol. The van der Waals surface area contributed by atoms with Crippen molar-refractivity contribution in [2.45, 2.75) is 38.6 Å². The highest BCUT2D eigenvalue weighted by Crippen LogP contribution is 2.17. The molecule has 1 rings (SSSR count). The van der Waals surface area contributed by atoms with Crippen LogP contribution in [0.4, 0.5) is 0 Å². The minimum absolute atomic E-state index is 0.0450. The van der Waals surface area contributed by atoms with E-state index in [2.05, 4.69) is 5.32 Å². The van der Waals surface area contributed by atoms with Gasteiger partial charge in [-0.25, -0.2) is 0 Å². The van der Waals surface area contributed by atoms with E-state index >= 15 is 0 Å². The Morgan fingerprint density at radius 2 is 2.40 bits per heavy atom. The maximum atomic E-state index is 11.5. The monoisotopic (exact) mass is 215 g/mol. The number of rotatable bonds is 5. The van der Waals surface area contributed by atoms with Crippen LogP contribution in [0.3, 0.4) is 0 Å². The summed E-state index contributed by atoms with van der Waals surface area (Å²) in [7, 11) is 0. The Morgan fingerprint density at radius 3 is 3.00 bits per heavy atom. The molecule has 0 aromatic rings. The van der Waals surface area contributed by atoms with E-state index in [9.17, 15) is 4.79 Å². The Labute approximate surface area is 91.3 Å². The Balaban J connectivity index is 2.23. The molecule has 0 saturated carbocycles. The van der Waals surface area contributed by atoms with Gasteiger partial charge in [-0.05, 0) is 26.2 Å². The van der Waals surface area contributed by atoms with Crippen molar-refractivity contribution in [3.8, 4) is 0 Å². The average Bonchev–Trinajstić information content (AvgIpc) is 2.18. The van der Waals surface area contributed by atoms with Crippen molar-refractivity contribution in [1.82, 2.24) is 5.32 Å². The summed E-state index contributed by atoms with van der Waals surface area (Å²) in [5, 5.41) is 2.97. The van der Waals surface area contributed by atoms with Crippen LogP contribution in [0.1, 0.15) is 33.1 Å². The summed E-state index contributed by atoms with van der Waals surface area (Å²) < 4.78 is 10.5. The fourth-order valence-corrected chi connectivity index (χ4v) is 1.71. The third-order valence-electron chi connectivity index (χ3n) is 2.46. The van der Waals surface area contributed by atoms with E-state index < -0.39 is 0 Å². The summed E-state index contributed by atoms with van der Waals surface area (Å²) in [6.07, 6.45) is 2.92. The van der Waals surface area contributed by atoms with Crippen molar-refractivity contribution in [2.24, 2.45) is 0 Å². The Hall–Kier alpha value is -0.610. The normalized spacial score (nSPS) is 26.3. The zero-order valence-electron chi connectivity index (χ0n) is 9.67. The van der Waals surface area contributed by atoms with Gasteiger partial charge in [0, 0.05) is 13.2 Å². The van der Waals surface area contributed by atoms with Crippen molar-refractivity contribution in [3.63, 3.8) is 0 Å². The van der Waals surface area contributed by atoms with Crippen molar-refractivity contribution in [3.05, 3.63) is 0 Å². The van der Waals surface area contributed by atoms with Crippen LogP contribution in [0.2, 0.25) is 0 Å². The van der Waals surface area contributed by atoms with Crippen molar-refractivity contribution >= 4 is 5.91 Å². The molecular formula is C11H21NO3. The fraction of sp³-hybridized carbons (Fsp3) is 0.909. The molecule has 4 nitrogen and oxygen atoms in total. The fourth-order valence-electron chi connectivity index (χ4n) is 1.71. The first-order valence-electron chi connectivity index (χ1n) is 5.63. The third-order valence-corrected chi connectivity index (χ3v) is 2.46. The standard InChI is InChI=1S/C11H21NO3/c1-3-6-14-8-10(13)12-11(2)5-4-7-15-9-11/h3-9H2,1-2H3,(H,12,13). The van der Waals surface area contributed by atoms with Gasteiger partial charge in [-0.15, -0.1) is 0 Å². The summed E-state index contributed by atoms with van der Waals surface area (Å²) in [5.41, 5.74) is -0.203. The van der Waals surface area contributed by atoms with Gasteiger partial charge >= 0.3 is 0 Å². The van der Waals surface area contributed by atoms with Gasteiger partial charge in [0.05, 0.1) is 12.1 Å². The van der Waals surface area contributed by atoms with E-state index in [1.807, 2.05) is 13.8 Å². The summed E-state index contributed by atoms with van der Waals surface area (Å²) >= 11 is 0. The zero-order valence-corrected chi connectivity index (χ0v) is 9.67. The van der Waals surface area contributed by atoms with Crippen LogP contribution in [0.25, 0.3) is 0 Å². The van der Waals surface area contributed by atoms with E-state index in [0.717, 1.165) is 25.9 Å². The van der Waals surface area contributed by atoms with Crippen LogP contribution < -0.4 is 5.32 Å². The van der Waals surface area contributed by atoms with Crippen molar-refractivity contribution in [1.29, 1.82) is 0 Å². The molecular weight excluding hydrogens is 194 g/mol. The lowest BCUT2D eigenvalue weighted by Gasteiger charge is -2.34. The predicted octanol–water partition coefficient (Wildman–Crippen LogP) is 1.10. The summed E-state index contributed by atoms with van der Waals surface area (Å²) in [6.45, 7) is 6.24. The molecule has 0 aromatic heterocycles. The van der Waals surface area contributed by atoms with E-state index in [-0.39, 0.29) is 18.1 Å². The highest BCUT2D eigenvalue weighted by atomic mass is 16.5. The molecule has 1 amide bonds. The molecule has 1 unspecified atom stereocenters. The predicted molar refractivity (Wildman–Crippen MR) is 57.7 cm³/mol. The van der Waals surface area contributed by atoms with Gasteiger partial charge in [-0.3, -0.25) is 4.79 Å². The number of carbonyl (C=O) groups is 1. The maximum Gasteiger partial charge on any atom is 0.246 e. The number of ether oxygens (including phenoxy) is 2. The lowest BCUT2D eigenvalue weighted by atomic mass is 9.95. The van der Waals surface area contributed by atoms with Crippen LogP contribution in [-0.2, 0) is 14.3 Å². The van der Waals surface area contributed by atoms with Gasteiger partial charge in [0.25, 0.3) is 0 Å². The summed E-state index contributed by atoms with van der Waals surface area (Å²) in [4.78, 5) is 11.5. The van der Waals surface area contributed by atoms with Crippen LogP contribution in [0, 0.1) is 0 Å². The summed E-state index contributed by atoms with van der Waals surface area (Å²) in [5.74, 6) is -0.0450. The molecule has 1 atom stereocenters. The second kappa shape index (κ2) is 6.08. The molecule has 1 heterocycles. The van der Waals surface area contributed by atoms with Crippen molar-refractivity contribution < 1.29 is 14.3 Å². The second-order valence-electron chi connectivity index (χ2n) is 4.32. The molecule has 0 aromatic carbocycles. The lowest BCUT2D eigenvalue weighted by molar-refractivity contribution is -0.129. The molecule has 1 aliphatic heterocycles. The van der Waals surface area contributed by atoms with E-state index in [4.69, 9.17) is 9.47 Å². The summed E-state index contributed by atoms with van der Waals surface area (Å²) in [6, 6.07) is 0. The van der Waals surface area contributed by atoms with E-state index in [0.29, 0.717) is 13.2 Å². The molecule has 0 spiro atoms. The molecule has 0 aliphatic carbocycles.